The maximum Gasteiger partial charge on any atom is 0.271 e. The zero-order valence-electron chi connectivity index (χ0n) is 14.8. The van der Waals surface area contributed by atoms with E-state index in [2.05, 4.69) is 10.3 Å². The number of nitrogens with zero attached hydrogens (tertiary/aromatic N) is 2. The van der Waals surface area contributed by atoms with Crippen molar-refractivity contribution in [1.82, 2.24) is 4.98 Å². The average Bonchev–Trinajstić information content (AvgIpc) is 3.09. The Bertz CT molecular complexity index is 1000. The second-order valence-corrected chi connectivity index (χ2v) is 7.33. The topological polar surface area (TPSA) is 94.4 Å². The lowest BCUT2D eigenvalue weighted by atomic mass is 10.2. The summed E-state index contributed by atoms with van der Waals surface area (Å²) in [4.78, 5) is 26.7. The molecule has 0 spiro atoms. The van der Waals surface area contributed by atoms with Crippen LogP contribution in [0.5, 0.6) is 5.75 Å². The van der Waals surface area contributed by atoms with Crippen molar-refractivity contribution in [2.45, 2.75) is 20.0 Å². The number of carbonyl (C=O) groups excluding carboxylic acids is 1. The molecule has 0 saturated carbocycles. The lowest BCUT2D eigenvalue weighted by Gasteiger charge is -2.06. The zero-order valence-corrected chi connectivity index (χ0v) is 16.4. The minimum Gasteiger partial charge on any atom is -0.486 e. The second-order valence-electron chi connectivity index (χ2n) is 5.98. The molecule has 0 saturated heterocycles. The average molecular weight is 418 g/mol. The van der Waals surface area contributed by atoms with E-state index in [0.717, 1.165) is 11.3 Å². The molecule has 2 aromatic carbocycles. The third-order valence-electron chi connectivity index (χ3n) is 3.75. The molecule has 0 aliphatic heterocycles. The Morgan fingerprint density at radius 2 is 2.04 bits per heavy atom. The van der Waals surface area contributed by atoms with Gasteiger partial charge in [-0.25, -0.2) is 4.98 Å². The summed E-state index contributed by atoms with van der Waals surface area (Å²) in [5.74, 6) is 0.183. The van der Waals surface area contributed by atoms with Gasteiger partial charge in [-0.15, -0.1) is 11.3 Å². The van der Waals surface area contributed by atoms with Crippen molar-refractivity contribution < 1.29 is 14.5 Å². The maximum absolute atomic E-state index is 12.1. The van der Waals surface area contributed by atoms with Gasteiger partial charge in [-0.05, 0) is 25.1 Å². The lowest BCUT2D eigenvalue weighted by molar-refractivity contribution is -0.384. The Morgan fingerprint density at radius 1 is 1.29 bits per heavy atom. The van der Waals surface area contributed by atoms with Crippen molar-refractivity contribution in [3.05, 3.63) is 79.2 Å². The number of ether oxygens (including phenoxy) is 1. The summed E-state index contributed by atoms with van der Waals surface area (Å²) in [7, 11) is 0. The Hall–Kier alpha value is -2.97. The van der Waals surface area contributed by atoms with Gasteiger partial charge in [0.05, 0.1) is 22.1 Å². The number of hydrogen-bond donors (Lipinski definition) is 1. The largest absolute Gasteiger partial charge is 0.486 e. The van der Waals surface area contributed by atoms with Crippen molar-refractivity contribution in [3.8, 4) is 5.75 Å². The molecule has 1 amide bonds. The summed E-state index contributed by atoms with van der Waals surface area (Å²) in [6.07, 6.45) is 0.164. The van der Waals surface area contributed by atoms with E-state index < -0.39 is 4.92 Å². The number of aryl methyl sites for hydroxylation is 1. The first kappa shape index (κ1) is 19.8. The van der Waals surface area contributed by atoms with Gasteiger partial charge in [0.25, 0.3) is 5.69 Å². The second kappa shape index (κ2) is 8.81. The van der Waals surface area contributed by atoms with Crippen LogP contribution in [0.3, 0.4) is 0 Å². The lowest BCUT2D eigenvalue weighted by Crippen LogP contribution is -2.14. The first-order valence-corrected chi connectivity index (χ1v) is 9.53. The van der Waals surface area contributed by atoms with E-state index in [1.807, 2.05) is 31.2 Å². The van der Waals surface area contributed by atoms with Crippen molar-refractivity contribution in [1.29, 1.82) is 0 Å². The van der Waals surface area contributed by atoms with Crippen molar-refractivity contribution in [2.75, 3.05) is 5.32 Å². The van der Waals surface area contributed by atoms with Gasteiger partial charge in [0, 0.05) is 23.2 Å². The normalized spacial score (nSPS) is 10.5. The van der Waals surface area contributed by atoms with Crippen molar-refractivity contribution in [2.24, 2.45) is 0 Å². The van der Waals surface area contributed by atoms with Gasteiger partial charge in [-0.2, -0.15) is 0 Å². The molecule has 7 nitrogen and oxygen atoms in total. The van der Waals surface area contributed by atoms with E-state index >= 15 is 0 Å². The maximum atomic E-state index is 12.1. The number of anilines is 1. The van der Waals surface area contributed by atoms with E-state index in [1.165, 1.54) is 29.5 Å². The Labute approximate surface area is 170 Å². The number of nitro groups is 1. The summed E-state index contributed by atoms with van der Waals surface area (Å²) < 4.78 is 5.57. The van der Waals surface area contributed by atoms with Gasteiger partial charge in [0.15, 0.2) is 0 Å². The van der Waals surface area contributed by atoms with Gasteiger partial charge in [0.2, 0.25) is 5.91 Å². The molecular formula is C19H16ClN3O4S. The predicted octanol–water partition coefficient (Wildman–Crippen LogP) is 4.77. The zero-order chi connectivity index (χ0) is 20.1. The number of rotatable bonds is 7. The molecule has 0 unspecified atom stereocenters. The standard InChI is InChI=1S/C19H16ClN3O4S/c1-12-2-4-13(5-3-12)21-18(24)9-19-22-14(11-28-19)10-27-17-7-6-15(23(25)26)8-16(17)20/h2-8,11H,9-10H2,1H3,(H,21,24). The van der Waals surface area contributed by atoms with Crippen LogP contribution >= 0.6 is 22.9 Å². The third kappa shape index (κ3) is 5.28. The summed E-state index contributed by atoms with van der Waals surface area (Å²) in [5.41, 5.74) is 2.41. The molecule has 0 aliphatic rings. The number of benzene rings is 2. The van der Waals surface area contributed by atoms with Gasteiger partial charge in [-0.3, -0.25) is 14.9 Å². The molecule has 1 heterocycles. The smallest absolute Gasteiger partial charge is 0.271 e. The predicted molar refractivity (Wildman–Crippen MR) is 108 cm³/mol. The van der Waals surface area contributed by atoms with E-state index in [-0.39, 0.29) is 29.6 Å². The molecule has 28 heavy (non-hydrogen) atoms. The summed E-state index contributed by atoms with van der Waals surface area (Å²) in [6.45, 7) is 2.13. The molecular weight excluding hydrogens is 402 g/mol. The first-order valence-electron chi connectivity index (χ1n) is 8.27. The fraction of sp³-hybridized carbons (Fsp3) is 0.158. The Morgan fingerprint density at radius 3 is 2.71 bits per heavy atom. The van der Waals surface area contributed by atoms with Crippen LogP contribution < -0.4 is 10.1 Å². The molecule has 0 fully saturated rings. The quantitative estimate of drug-likeness (QED) is 0.441. The van der Waals surface area contributed by atoms with Crippen LogP contribution in [0.4, 0.5) is 11.4 Å². The number of hydrogen-bond acceptors (Lipinski definition) is 6. The highest BCUT2D eigenvalue weighted by Gasteiger charge is 2.12. The number of non-ortho nitro benzene ring substituents is 1. The van der Waals surface area contributed by atoms with Crippen LogP contribution in [-0.2, 0) is 17.8 Å². The number of carbonyl (C=O) groups is 1. The minimum absolute atomic E-state index is 0.104. The monoisotopic (exact) mass is 417 g/mol. The van der Waals surface area contributed by atoms with E-state index in [0.29, 0.717) is 16.5 Å². The van der Waals surface area contributed by atoms with E-state index in [9.17, 15) is 14.9 Å². The van der Waals surface area contributed by atoms with Crippen LogP contribution in [0.1, 0.15) is 16.3 Å². The fourth-order valence-electron chi connectivity index (χ4n) is 2.35. The highest BCUT2D eigenvalue weighted by Crippen LogP contribution is 2.29. The molecule has 3 aromatic rings. The number of thiazole rings is 1. The molecule has 1 aromatic heterocycles. The minimum atomic E-state index is -0.524. The number of nitrogens with one attached hydrogen (secondary N) is 1. The molecule has 0 aliphatic carbocycles. The Balaban J connectivity index is 1.54. The van der Waals surface area contributed by atoms with Crippen LogP contribution in [0.25, 0.3) is 0 Å². The van der Waals surface area contributed by atoms with Gasteiger partial charge in [-0.1, -0.05) is 29.3 Å². The third-order valence-corrected chi connectivity index (χ3v) is 4.94. The SMILES string of the molecule is Cc1ccc(NC(=O)Cc2nc(COc3ccc([N+](=O)[O-])cc3Cl)cs2)cc1. The molecule has 0 atom stereocenters. The molecule has 144 valence electrons. The van der Waals surface area contributed by atoms with Gasteiger partial charge >= 0.3 is 0 Å². The van der Waals surface area contributed by atoms with E-state index in [4.69, 9.17) is 16.3 Å². The molecule has 1 N–H and O–H groups in total. The molecule has 9 heteroatoms. The molecule has 0 bridgehead atoms. The van der Waals surface area contributed by atoms with Crippen LogP contribution in [0.2, 0.25) is 5.02 Å². The van der Waals surface area contributed by atoms with E-state index in [1.54, 1.807) is 5.38 Å². The van der Waals surface area contributed by atoms with Crippen molar-refractivity contribution >= 4 is 40.2 Å². The highest BCUT2D eigenvalue weighted by molar-refractivity contribution is 7.09. The summed E-state index contributed by atoms with van der Waals surface area (Å²) in [6, 6.07) is 11.6. The number of nitro benzene ring substituents is 1. The van der Waals surface area contributed by atoms with Crippen LogP contribution in [-0.4, -0.2) is 15.8 Å². The fourth-order valence-corrected chi connectivity index (χ4v) is 3.35. The van der Waals surface area contributed by atoms with Crippen molar-refractivity contribution in [3.63, 3.8) is 0 Å². The first-order chi connectivity index (χ1) is 13.4. The molecule has 0 radical (unpaired) electrons. The van der Waals surface area contributed by atoms with Crippen LogP contribution in [0.15, 0.2) is 47.8 Å². The number of aromatic nitrogens is 1. The van der Waals surface area contributed by atoms with Crippen LogP contribution in [0, 0.1) is 17.0 Å². The summed E-state index contributed by atoms with van der Waals surface area (Å²) in [5, 5.41) is 16.2. The molecule has 3 rings (SSSR count). The summed E-state index contributed by atoms with van der Waals surface area (Å²) >= 11 is 7.36. The van der Waals surface area contributed by atoms with Gasteiger partial charge < -0.3 is 10.1 Å². The Kier molecular flexibility index (Phi) is 6.23. The number of amides is 1. The number of halogens is 1. The highest BCUT2D eigenvalue weighted by atomic mass is 35.5. The van der Waals surface area contributed by atoms with Gasteiger partial charge in [0.1, 0.15) is 17.4 Å².